The predicted molar refractivity (Wildman–Crippen MR) is 83.9 cm³/mol. The second-order valence-corrected chi connectivity index (χ2v) is 5.34. The molecule has 0 saturated heterocycles. The highest BCUT2D eigenvalue weighted by molar-refractivity contribution is 5.61. The third-order valence-corrected chi connectivity index (χ3v) is 3.68. The second-order valence-electron chi connectivity index (χ2n) is 5.34. The fourth-order valence-corrected chi connectivity index (χ4v) is 2.64. The van der Waals surface area contributed by atoms with E-state index in [0.717, 1.165) is 23.4 Å². The minimum atomic E-state index is 0.731. The van der Waals surface area contributed by atoms with Gasteiger partial charge in [-0.1, -0.05) is 29.8 Å². The van der Waals surface area contributed by atoms with Gasteiger partial charge in [-0.05, 0) is 56.0 Å². The van der Waals surface area contributed by atoms with Gasteiger partial charge >= 0.3 is 0 Å². The molecule has 102 valence electrons. The Morgan fingerprint density at radius 3 is 2.25 bits per heavy atom. The minimum Gasteiger partial charge on any atom is -0.380 e. The number of hydrogen-bond acceptors (Lipinski definition) is 2. The van der Waals surface area contributed by atoms with Crippen molar-refractivity contribution in [2.45, 2.75) is 34.2 Å². The molecule has 0 saturated carbocycles. The summed E-state index contributed by atoms with van der Waals surface area (Å²) in [5.41, 5.74) is 7.83. The third kappa shape index (κ3) is 2.83. The van der Waals surface area contributed by atoms with E-state index in [2.05, 4.69) is 44.3 Å². The van der Waals surface area contributed by atoms with Crippen LogP contribution in [0.25, 0.3) is 0 Å². The molecule has 2 nitrogen and oxygen atoms in total. The summed E-state index contributed by atoms with van der Waals surface area (Å²) in [6.07, 6.45) is 0. The van der Waals surface area contributed by atoms with Crippen LogP contribution in [0.3, 0.4) is 0 Å². The molecule has 1 N–H and O–H groups in total. The summed E-state index contributed by atoms with van der Waals surface area (Å²) in [4.78, 5) is 0. The number of anilines is 1. The highest BCUT2D eigenvalue weighted by Crippen LogP contribution is 2.21. The highest BCUT2D eigenvalue weighted by Gasteiger charge is 2.07. The predicted octanol–water partition coefficient (Wildman–Crippen LogP) is 4.40. The van der Waals surface area contributed by atoms with Gasteiger partial charge in [0.15, 0.2) is 0 Å². The molecule has 0 spiro atoms. The number of hydrogen-bond donors (Lipinski definition) is 1. The van der Waals surface area contributed by atoms with E-state index in [1.54, 1.807) is 0 Å². The van der Waals surface area contributed by atoms with E-state index >= 15 is 0 Å². The fourth-order valence-electron chi connectivity index (χ4n) is 2.64. The van der Waals surface area contributed by atoms with Crippen molar-refractivity contribution in [3.05, 3.63) is 63.7 Å². The van der Waals surface area contributed by atoms with Crippen molar-refractivity contribution < 1.29 is 0 Å². The molecule has 0 amide bonds. The zero-order valence-corrected chi connectivity index (χ0v) is 12.5. The Hall–Kier alpha value is -2.27. The first kappa shape index (κ1) is 14.1. The summed E-state index contributed by atoms with van der Waals surface area (Å²) in [5, 5.41) is 12.7. The minimum absolute atomic E-state index is 0.731. The summed E-state index contributed by atoms with van der Waals surface area (Å²) in [7, 11) is 0. The van der Waals surface area contributed by atoms with Crippen molar-refractivity contribution >= 4 is 5.69 Å². The number of aryl methyl sites for hydroxylation is 4. The Morgan fingerprint density at radius 1 is 1.00 bits per heavy atom. The Labute approximate surface area is 121 Å². The van der Waals surface area contributed by atoms with E-state index in [1.165, 1.54) is 22.3 Å². The molecular weight excluding hydrogens is 244 g/mol. The lowest BCUT2D eigenvalue weighted by Gasteiger charge is -2.14. The molecule has 0 aliphatic rings. The van der Waals surface area contributed by atoms with Crippen molar-refractivity contribution in [2.24, 2.45) is 0 Å². The molecule has 2 aromatic carbocycles. The van der Waals surface area contributed by atoms with Gasteiger partial charge in [0.2, 0.25) is 0 Å². The highest BCUT2D eigenvalue weighted by atomic mass is 14.9. The summed E-state index contributed by atoms with van der Waals surface area (Å²) >= 11 is 0. The number of benzene rings is 2. The van der Waals surface area contributed by atoms with Crippen molar-refractivity contribution in [3.63, 3.8) is 0 Å². The first-order valence-corrected chi connectivity index (χ1v) is 6.83. The van der Waals surface area contributed by atoms with Crippen LogP contribution in [-0.4, -0.2) is 0 Å². The van der Waals surface area contributed by atoms with Crippen LogP contribution in [0.15, 0.2) is 30.3 Å². The van der Waals surface area contributed by atoms with Crippen LogP contribution >= 0.6 is 0 Å². The average Bonchev–Trinajstić information content (AvgIpc) is 2.37. The van der Waals surface area contributed by atoms with Crippen molar-refractivity contribution in [3.8, 4) is 6.07 Å². The Balaban J connectivity index is 2.27. The molecule has 20 heavy (non-hydrogen) atoms. The molecular formula is C18H20N2. The van der Waals surface area contributed by atoms with E-state index in [-0.39, 0.29) is 0 Å². The lowest BCUT2D eigenvalue weighted by molar-refractivity contribution is 1.08. The smallest absolute Gasteiger partial charge is 0.102 e. The molecule has 2 heteroatoms. The molecule has 0 unspecified atom stereocenters. The van der Waals surface area contributed by atoms with Gasteiger partial charge in [0, 0.05) is 6.54 Å². The molecule has 2 rings (SSSR count). The van der Waals surface area contributed by atoms with Crippen LogP contribution in [0.1, 0.15) is 33.4 Å². The monoisotopic (exact) mass is 264 g/mol. The average molecular weight is 264 g/mol. The molecule has 0 fully saturated rings. The Bertz CT molecular complexity index is 655. The zero-order chi connectivity index (χ0) is 14.7. The first-order valence-electron chi connectivity index (χ1n) is 6.83. The van der Waals surface area contributed by atoms with Crippen molar-refractivity contribution in [1.82, 2.24) is 0 Å². The van der Waals surface area contributed by atoms with Crippen molar-refractivity contribution in [1.29, 1.82) is 5.26 Å². The van der Waals surface area contributed by atoms with E-state index in [9.17, 15) is 5.26 Å². The van der Waals surface area contributed by atoms with Crippen LogP contribution in [0.4, 0.5) is 5.69 Å². The molecule has 0 radical (unpaired) electrons. The summed E-state index contributed by atoms with van der Waals surface area (Å²) in [5.74, 6) is 0. The van der Waals surface area contributed by atoms with Crippen molar-refractivity contribution in [2.75, 3.05) is 5.32 Å². The summed E-state index contributed by atoms with van der Waals surface area (Å²) < 4.78 is 0. The number of nitriles is 1. The standard InChI is InChI=1S/C18H20N2/c1-12-8-14(3)17(15(4)9-12)11-20-18-7-5-6-13(2)16(18)10-19/h5-9,20H,11H2,1-4H3. The summed E-state index contributed by atoms with van der Waals surface area (Å²) in [6, 6.07) is 12.6. The van der Waals surface area contributed by atoms with Gasteiger partial charge in [-0.25, -0.2) is 0 Å². The van der Waals surface area contributed by atoms with E-state index < -0.39 is 0 Å². The molecule has 2 aromatic rings. The van der Waals surface area contributed by atoms with Crippen LogP contribution in [-0.2, 0) is 6.54 Å². The normalized spacial score (nSPS) is 10.2. The Morgan fingerprint density at radius 2 is 1.65 bits per heavy atom. The molecule has 0 atom stereocenters. The molecule has 0 aromatic heterocycles. The van der Waals surface area contributed by atoms with E-state index in [0.29, 0.717) is 0 Å². The Kier molecular flexibility index (Phi) is 4.10. The molecule has 0 bridgehead atoms. The summed E-state index contributed by atoms with van der Waals surface area (Å²) in [6.45, 7) is 9.10. The van der Waals surface area contributed by atoms with Gasteiger partial charge < -0.3 is 5.32 Å². The maximum absolute atomic E-state index is 9.25. The zero-order valence-electron chi connectivity index (χ0n) is 12.5. The number of rotatable bonds is 3. The lowest BCUT2D eigenvalue weighted by Crippen LogP contribution is -2.05. The first-order chi connectivity index (χ1) is 9.52. The van der Waals surface area contributed by atoms with Gasteiger partial charge in [-0.15, -0.1) is 0 Å². The number of nitrogens with zero attached hydrogens (tertiary/aromatic N) is 1. The van der Waals surface area contributed by atoms with Gasteiger partial charge in [0.25, 0.3) is 0 Å². The maximum atomic E-state index is 9.25. The van der Waals surface area contributed by atoms with Gasteiger partial charge in [0.05, 0.1) is 11.3 Å². The second kappa shape index (κ2) is 5.79. The van der Waals surface area contributed by atoms with E-state index in [1.807, 2.05) is 25.1 Å². The van der Waals surface area contributed by atoms with Crippen LogP contribution in [0.2, 0.25) is 0 Å². The van der Waals surface area contributed by atoms with Crippen LogP contribution < -0.4 is 5.32 Å². The van der Waals surface area contributed by atoms with Crippen LogP contribution in [0.5, 0.6) is 0 Å². The maximum Gasteiger partial charge on any atom is 0.102 e. The SMILES string of the molecule is Cc1cc(C)c(CNc2cccc(C)c2C#N)c(C)c1. The topological polar surface area (TPSA) is 35.8 Å². The van der Waals surface area contributed by atoms with Gasteiger partial charge in [-0.2, -0.15) is 5.26 Å². The lowest BCUT2D eigenvalue weighted by atomic mass is 9.99. The quantitative estimate of drug-likeness (QED) is 0.891. The molecule has 0 aliphatic heterocycles. The fraction of sp³-hybridized carbons (Fsp3) is 0.278. The molecule has 0 heterocycles. The molecule has 0 aliphatic carbocycles. The third-order valence-electron chi connectivity index (χ3n) is 3.68. The number of nitrogens with one attached hydrogen (secondary N) is 1. The van der Waals surface area contributed by atoms with Gasteiger partial charge in [-0.3, -0.25) is 0 Å². The van der Waals surface area contributed by atoms with Crippen LogP contribution in [0, 0.1) is 39.0 Å². The van der Waals surface area contributed by atoms with Gasteiger partial charge in [0.1, 0.15) is 6.07 Å². The van der Waals surface area contributed by atoms with E-state index in [4.69, 9.17) is 0 Å². The largest absolute Gasteiger partial charge is 0.380 e.